The Bertz CT molecular complexity index is 1070. The third-order valence-electron chi connectivity index (χ3n) is 7.23. The number of amides is 1. The number of nitrogens with zero attached hydrogens (tertiary/aromatic N) is 3. The van der Waals surface area contributed by atoms with E-state index < -0.39 is 0 Å². The summed E-state index contributed by atoms with van der Waals surface area (Å²) in [6, 6.07) is 10.7. The molecule has 1 aromatic carbocycles. The van der Waals surface area contributed by atoms with E-state index in [1.54, 1.807) is 0 Å². The van der Waals surface area contributed by atoms with Crippen molar-refractivity contribution in [3.63, 3.8) is 0 Å². The molecule has 5 rings (SSSR count). The van der Waals surface area contributed by atoms with Crippen molar-refractivity contribution in [1.82, 2.24) is 19.8 Å². The van der Waals surface area contributed by atoms with Gasteiger partial charge in [0, 0.05) is 53.6 Å². The molecule has 162 valence electrons. The van der Waals surface area contributed by atoms with Gasteiger partial charge < -0.3 is 9.88 Å². The molecule has 2 aliphatic heterocycles. The molecule has 2 fully saturated rings. The smallest absolute Gasteiger partial charge is 0.239 e. The first kappa shape index (κ1) is 20.3. The molecule has 2 aliphatic rings. The molecule has 0 saturated carbocycles. The van der Waals surface area contributed by atoms with E-state index >= 15 is 0 Å². The van der Waals surface area contributed by atoms with Crippen LogP contribution < -0.4 is 0 Å². The van der Waals surface area contributed by atoms with Gasteiger partial charge in [0.25, 0.3) is 0 Å². The fraction of sp³-hybridized carbons (Fsp3) is 0.462. The van der Waals surface area contributed by atoms with Crippen molar-refractivity contribution in [2.45, 2.75) is 51.5 Å². The number of piperidine rings is 1. The first-order chi connectivity index (χ1) is 15.1. The van der Waals surface area contributed by atoms with Crippen molar-refractivity contribution in [1.29, 1.82) is 0 Å². The molecule has 5 nitrogen and oxygen atoms in total. The van der Waals surface area contributed by atoms with Crippen LogP contribution in [0.4, 0.5) is 0 Å². The molecule has 3 aromatic rings. The topological polar surface area (TPSA) is 52.2 Å². The fourth-order valence-electron chi connectivity index (χ4n) is 5.48. The Balaban J connectivity index is 1.49. The van der Waals surface area contributed by atoms with Gasteiger partial charge in [0.2, 0.25) is 5.91 Å². The summed E-state index contributed by atoms with van der Waals surface area (Å²) in [5.74, 6) is 0.614. The van der Waals surface area contributed by atoms with Crippen LogP contribution in [0.3, 0.4) is 0 Å². The minimum Gasteiger partial charge on any atom is -0.357 e. The molecular weight excluding hydrogens is 384 g/mol. The van der Waals surface area contributed by atoms with Gasteiger partial charge in [-0.1, -0.05) is 18.2 Å². The van der Waals surface area contributed by atoms with Crippen LogP contribution in [0.25, 0.3) is 22.0 Å². The Morgan fingerprint density at radius 2 is 1.87 bits per heavy atom. The number of pyridine rings is 1. The Kier molecular flexibility index (Phi) is 5.53. The zero-order valence-electron chi connectivity index (χ0n) is 18.6. The van der Waals surface area contributed by atoms with Crippen molar-refractivity contribution in [2.75, 3.05) is 26.2 Å². The molecular formula is C26H32N4O. The normalized spacial score (nSPS) is 21.0. The number of nitrogens with one attached hydrogen (secondary N) is 1. The van der Waals surface area contributed by atoms with Crippen LogP contribution in [0.2, 0.25) is 0 Å². The van der Waals surface area contributed by atoms with Crippen LogP contribution in [-0.2, 0) is 4.79 Å². The molecule has 2 saturated heterocycles. The number of rotatable bonds is 4. The average molecular weight is 417 g/mol. The van der Waals surface area contributed by atoms with Gasteiger partial charge in [-0.2, -0.15) is 0 Å². The lowest BCUT2D eigenvalue weighted by Gasteiger charge is -2.36. The molecule has 1 amide bonds. The SMILES string of the molecule is Cc1cccc2c(-c3ccncc3)c([C@H]3CCCN(C(=O)[C@@H](C)N4CCCC4)C3)[nH]c12. The lowest BCUT2D eigenvalue weighted by atomic mass is 9.89. The summed E-state index contributed by atoms with van der Waals surface area (Å²) in [6.07, 6.45) is 8.30. The largest absolute Gasteiger partial charge is 0.357 e. The van der Waals surface area contributed by atoms with Gasteiger partial charge in [0.1, 0.15) is 0 Å². The minimum absolute atomic E-state index is 0.00845. The summed E-state index contributed by atoms with van der Waals surface area (Å²) < 4.78 is 0. The zero-order valence-corrected chi connectivity index (χ0v) is 18.6. The number of para-hydroxylation sites is 1. The standard InChI is InChI=1S/C26H32N4O/c1-18-7-5-9-22-23(20-10-12-27-13-11-20)25(28-24(18)22)21-8-6-16-30(17-21)26(31)19(2)29-14-3-4-15-29/h5,7,9-13,19,21,28H,3-4,6,8,14-17H2,1-2H3/t19-,21+/m1/s1. The number of likely N-dealkylation sites (tertiary alicyclic amines) is 2. The summed E-state index contributed by atoms with van der Waals surface area (Å²) in [5.41, 5.74) is 6.19. The highest BCUT2D eigenvalue weighted by molar-refractivity contribution is 5.99. The molecule has 2 aromatic heterocycles. The van der Waals surface area contributed by atoms with Crippen LogP contribution in [0, 0.1) is 6.92 Å². The monoisotopic (exact) mass is 416 g/mol. The van der Waals surface area contributed by atoms with Crippen LogP contribution in [0.5, 0.6) is 0 Å². The summed E-state index contributed by atoms with van der Waals surface area (Å²) in [4.78, 5) is 25.8. The number of aromatic nitrogens is 2. The summed E-state index contributed by atoms with van der Waals surface area (Å²) >= 11 is 0. The molecule has 1 N–H and O–H groups in total. The second-order valence-corrected chi connectivity index (χ2v) is 9.19. The number of H-pyrrole nitrogens is 1. The first-order valence-electron chi connectivity index (χ1n) is 11.7. The van der Waals surface area contributed by atoms with Crippen LogP contribution in [-0.4, -0.2) is 57.9 Å². The van der Waals surface area contributed by atoms with Gasteiger partial charge in [-0.05, 0) is 75.9 Å². The van der Waals surface area contributed by atoms with Crippen molar-refractivity contribution in [3.8, 4) is 11.1 Å². The van der Waals surface area contributed by atoms with E-state index in [1.807, 2.05) is 12.4 Å². The molecule has 0 aliphatic carbocycles. The van der Waals surface area contributed by atoms with Crippen molar-refractivity contribution < 1.29 is 4.79 Å². The van der Waals surface area contributed by atoms with Gasteiger partial charge in [-0.15, -0.1) is 0 Å². The summed E-state index contributed by atoms with van der Waals surface area (Å²) in [6.45, 7) is 8.02. The van der Waals surface area contributed by atoms with E-state index in [-0.39, 0.29) is 6.04 Å². The maximum Gasteiger partial charge on any atom is 0.239 e. The van der Waals surface area contributed by atoms with Gasteiger partial charge in [-0.25, -0.2) is 0 Å². The second kappa shape index (κ2) is 8.46. The third-order valence-corrected chi connectivity index (χ3v) is 7.23. The number of aryl methyl sites for hydroxylation is 1. The average Bonchev–Trinajstić information content (AvgIpc) is 3.48. The lowest BCUT2D eigenvalue weighted by molar-refractivity contribution is -0.137. The summed E-state index contributed by atoms with van der Waals surface area (Å²) in [5, 5.41) is 1.26. The highest BCUT2D eigenvalue weighted by atomic mass is 16.2. The third kappa shape index (κ3) is 3.76. The summed E-state index contributed by atoms with van der Waals surface area (Å²) in [7, 11) is 0. The van der Waals surface area contributed by atoms with E-state index in [4.69, 9.17) is 0 Å². The zero-order chi connectivity index (χ0) is 21.4. The molecule has 31 heavy (non-hydrogen) atoms. The van der Waals surface area contributed by atoms with Gasteiger partial charge in [-0.3, -0.25) is 14.7 Å². The number of aromatic amines is 1. The van der Waals surface area contributed by atoms with E-state index in [1.165, 1.54) is 46.1 Å². The number of fused-ring (bicyclic) bond motifs is 1. The predicted molar refractivity (Wildman–Crippen MR) is 125 cm³/mol. The molecule has 4 heterocycles. The highest BCUT2D eigenvalue weighted by Crippen LogP contribution is 2.40. The number of hydrogen-bond acceptors (Lipinski definition) is 3. The Morgan fingerprint density at radius 3 is 2.65 bits per heavy atom. The number of carbonyl (C=O) groups is 1. The Labute approximate surface area is 184 Å². The van der Waals surface area contributed by atoms with E-state index in [0.717, 1.165) is 39.0 Å². The van der Waals surface area contributed by atoms with Gasteiger partial charge >= 0.3 is 0 Å². The van der Waals surface area contributed by atoms with Gasteiger partial charge in [0.05, 0.1) is 6.04 Å². The second-order valence-electron chi connectivity index (χ2n) is 9.19. The van der Waals surface area contributed by atoms with Crippen molar-refractivity contribution in [3.05, 3.63) is 54.0 Å². The van der Waals surface area contributed by atoms with E-state index in [0.29, 0.717) is 11.8 Å². The van der Waals surface area contributed by atoms with Crippen molar-refractivity contribution >= 4 is 16.8 Å². The van der Waals surface area contributed by atoms with Crippen molar-refractivity contribution in [2.24, 2.45) is 0 Å². The molecule has 0 radical (unpaired) electrons. The Morgan fingerprint density at radius 1 is 1.10 bits per heavy atom. The number of benzene rings is 1. The minimum atomic E-state index is -0.00845. The lowest BCUT2D eigenvalue weighted by Crippen LogP contribution is -2.49. The van der Waals surface area contributed by atoms with Crippen LogP contribution >= 0.6 is 0 Å². The predicted octanol–water partition coefficient (Wildman–Crippen LogP) is 4.73. The number of hydrogen-bond donors (Lipinski definition) is 1. The Hall–Kier alpha value is -2.66. The van der Waals surface area contributed by atoms with Gasteiger partial charge in [0.15, 0.2) is 0 Å². The van der Waals surface area contributed by atoms with E-state index in [9.17, 15) is 4.79 Å². The van der Waals surface area contributed by atoms with Crippen LogP contribution in [0.1, 0.15) is 49.8 Å². The highest BCUT2D eigenvalue weighted by Gasteiger charge is 2.33. The quantitative estimate of drug-likeness (QED) is 0.669. The molecule has 2 atom stereocenters. The fourth-order valence-corrected chi connectivity index (χ4v) is 5.48. The maximum absolute atomic E-state index is 13.3. The molecule has 0 spiro atoms. The number of carbonyl (C=O) groups excluding carboxylic acids is 1. The van der Waals surface area contributed by atoms with Crippen LogP contribution in [0.15, 0.2) is 42.7 Å². The first-order valence-corrected chi connectivity index (χ1v) is 11.7. The maximum atomic E-state index is 13.3. The van der Waals surface area contributed by atoms with E-state index in [2.05, 4.69) is 63.9 Å². The molecule has 0 unspecified atom stereocenters. The molecule has 0 bridgehead atoms. The molecule has 5 heteroatoms.